The normalized spacial score (nSPS) is 14.2. The molecule has 0 rings (SSSR count). The van der Waals surface area contributed by atoms with Crippen LogP contribution in [0.3, 0.4) is 0 Å². The molecule has 0 saturated carbocycles. The molecule has 0 heterocycles. The van der Waals surface area contributed by atoms with E-state index in [-0.39, 0.29) is 31.5 Å². The van der Waals surface area contributed by atoms with Crippen LogP contribution in [-0.4, -0.2) is 74.3 Å². The Hall–Kier alpha value is -2.55. The molecule has 0 aliphatic heterocycles. The highest BCUT2D eigenvalue weighted by atomic mass is 31.2. The average Bonchev–Trinajstić information content (AvgIpc) is 3.36. The highest BCUT2D eigenvalue weighted by molar-refractivity contribution is 7.47. The summed E-state index contributed by atoms with van der Waals surface area (Å²) in [7, 11) is 1.47. The minimum atomic E-state index is -4.46. The number of allylic oxidation sites excluding steroid dienone is 11. The van der Waals surface area contributed by atoms with Crippen LogP contribution in [0.1, 0.15) is 271 Å². The van der Waals surface area contributed by atoms with E-state index >= 15 is 0 Å². The topological polar surface area (TPSA) is 111 Å². The van der Waals surface area contributed by atoms with Gasteiger partial charge >= 0.3 is 13.8 Å². The molecule has 430 valence electrons. The summed E-state index contributed by atoms with van der Waals surface area (Å²) in [4.78, 5) is 37.7. The van der Waals surface area contributed by atoms with E-state index in [1.807, 2.05) is 33.3 Å². The van der Waals surface area contributed by atoms with Gasteiger partial charge in [0.05, 0.1) is 33.8 Å². The fraction of sp³-hybridized carbons (Fsp3) is 0.781. The second-order valence-corrected chi connectivity index (χ2v) is 23.3. The van der Waals surface area contributed by atoms with Gasteiger partial charge in [-0.2, -0.15) is 0 Å². The zero-order valence-corrected chi connectivity index (χ0v) is 50.0. The summed E-state index contributed by atoms with van der Waals surface area (Å²) in [5, 5.41) is 3.04. The summed E-state index contributed by atoms with van der Waals surface area (Å²) in [6.07, 6.45) is 68.9. The number of nitrogens with zero attached hydrogens (tertiary/aromatic N) is 1. The fourth-order valence-electron chi connectivity index (χ4n) is 8.56. The van der Waals surface area contributed by atoms with E-state index in [2.05, 4.69) is 86.8 Å². The number of phosphoric acid groups is 1. The largest absolute Gasteiger partial charge is 0.472 e. The third kappa shape index (κ3) is 54.2. The molecular formula is C64H118N2O7P+. The van der Waals surface area contributed by atoms with Crippen molar-refractivity contribution in [2.45, 2.75) is 283 Å². The molecule has 3 unspecified atom stereocenters. The van der Waals surface area contributed by atoms with Crippen molar-refractivity contribution in [3.05, 3.63) is 72.9 Å². The van der Waals surface area contributed by atoms with Crippen molar-refractivity contribution in [1.82, 2.24) is 5.32 Å². The maximum Gasteiger partial charge on any atom is 0.472 e. The quantitative estimate of drug-likeness (QED) is 0.0205. The number of carbonyl (C=O) groups excluding carboxylic acids is 2. The number of likely N-dealkylation sites (N-methyl/N-ethyl adjacent to an activating group) is 1. The standard InChI is InChI=1S/C64H117N2O7P/c1-7-10-13-16-19-22-25-28-30-32-33-35-37-39-42-45-48-51-54-57-64(68)73-62(55-52-49-46-43-40-27-24-21-18-15-12-9-3)61(60-72-74(69,70)71-59-58-66(4,5)6)65-63(67)56-53-50-47-44-41-38-36-34-31-29-26-23-20-17-14-11-8-2/h19-20,22-23,28-31,36,38,52,55,61-62H,7-18,21,24-27,32-35,37,39-51,53-54,56-60H2,1-6H3,(H-,65,67,69,70)/p+1/b22-19-,23-20-,30-28-,31-29-,38-36-,55-52+. The van der Waals surface area contributed by atoms with Crippen LogP contribution in [0.15, 0.2) is 72.9 Å². The van der Waals surface area contributed by atoms with Gasteiger partial charge in [0, 0.05) is 12.8 Å². The molecule has 2 N–H and O–H groups in total. The zero-order chi connectivity index (χ0) is 54.3. The van der Waals surface area contributed by atoms with Crippen LogP contribution < -0.4 is 5.32 Å². The van der Waals surface area contributed by atoms with Gasteiger partial charge in [-0.1, -0.05) is 229 Å². The highest BCUT2D eigenvalue weighted by Crippen LogP contribution is 2.43. The SMILES string of the molecule is CCCCC/C=C\C/C=C\C/C=C\CCCCCCC(=O)NC(COP(=O)(O)OCC[N+](C)(C)C)C(/C=C/CCCCCCCCCCCC)OC(=O)CCCCCCCCCCC/C=C\C/C=C\CCCCC. The van der Waals surface area contributed by atoms with Crippen LogP contribution in [0.25, 0.3) is 0 Å². The molecule has 9 nitrogen and oxygen atoms in total. The van der Waals surface area contributed by atoms with E-state index in [1.165, 1.54) is 148 Å². The smallest absolute Gasteiger partial charge is 0.456 e. The lowest BCUT2D eigenvalue weighted by Crippen LogP contribution is -2.47. The first-order valence-electron chi connectivity index (χ1n) is 30.8. The van der Waals surface area contributed by atoms with Crippen LogP contribution in [0.5, 0.6) is 0 Å². The summed E-state index contributed by atoms with van der Waals surface area (Å²) in [6.45, 7) is 6.94. The van der Waals surface area contributed by atoms with Gasteiger partial charge in [0.1, 0.15) is 19.3 Å². The summed E-state index contributed by atoms with van der Waals surface area (Å²) in [6, 6.07) is -0.864. The van der Waals surface area contributed by atoms with E-state index in [9.17, 15) is 19.0 Å². The van der Waals surface area contributed by atoms with Crippen molar-refractivity contribution >= 4 is 19.7 Å². The van der Waals surface area contributed by atoms with Crippen molar-refractivity contribution in [3.63, 3.8) is 0 Å². The highest BCUT2D eigenvalue weighted by Gasteiger charge is 2.30. The zero-order valence-electron chi connectivity index (χ0n) is 49.1. The number of carbonyl (C=O) groups is 2. The van der Waals surface area contributed by atoms with Gasteiger partial charge < -0.3 is 19.4 Å². The number of amides is 1. The Balaban J connectivity index is 5.31. The molecule has 0 radical (unpaired) electrons. The average molecular weight is 1060 g/mol. The Labute approximate surface area is 457 Å². The van der Waals surface area contributed by atoms with E-state index in [1.54, 1.807) is 0 Å². The molecule has 1 amide bonds. The number of ether oxygens (including phenoxy) is 1. The lowest BCUT2D eigenvalue weighted by atomic mass is 10.0. The van der Waals surface area contributed by atoms with Crippen LogP contribution in [0.2, 0.25) is 0 Å². The van der Waals surface area contributed by atoms with E-state index in [4.69, 9.17) is 13.8 Å². The van der Waals surface area contributed by atoms with Gasteiger partial charge in [-0.3, -0.25) is 18.6 Å². The maximum atomic E-state index is 13.5. The first-order valence-corrected chi connectivity index (χ1v) is 32.3. The van der Waals surface area contributed by atoms with Crippen molar-refractivity contribution in [2.75, 3.05) is 40.9 Å². The number of hydrogen-bond acceptors (Lipinski definition) is 6. The number of esters is 1. The molecule has 0 bridgehead atoms. The monoisotopic (exact) mass is 1060 g/mol. The predicted molar refractivity (Wildman–Crippen MR) is 318 cm³/mol. The first kappa shape index (κ1) is 71.5. The predicted octanol–water partition coefficient (Wildman–Crippen LogP) is 18.8. The fourth-order valence-corrected chi connectivity index (χ4v) is 9.30. The van der Waals surface area contributed by atoms with Crippen molar-refractivity contribution < 1.29 is 37.3 Å². The van der Waals surface area contributed by atoms with Gasteiger partial charge in [0.15, 0.2) is 0 Å². The lowest BCUT2D eigenvalue weighted by Gasteiger charge is -2.27. The number of rotatable bonds is 55. The van der Waals surface area contributed by atoms with E-state index in [0.29, 0.717) is 17.4 Å². The third-order valence-electron chi connectivity index (χ3n) is 13.4. The Morgan fingerprint density at radius 2 is 0.824 bits per heavy atom. The molecular weight excluding hydrogens is 940 g/mol. The second-order valence-electron chi connectivity index (χ2n) is 21.9. The summed E-state index contributed by atoms with van der Waals surface area (Å²) >= 11 is 0. The third-order valence-corrected chi connectivity index (χ3v) is 14.4. The summed E-state index contributed by atoms with van der Waals surface area (Å²) < 4.78 is 30.7. The molecule has 10 heteroatoms. The first-order chi connectivity index (χ1) is 35.9. The van der Waals surface area contributed by atoms with Crippen molar-refractivity contribution in [1.29, 1.82) is 0 Å². The van der Waals surface area contributed by atoms with Gasteiger partial charge in [-0.15, -0.1) is 0 Å². The Kier molecular flexibility index (Phi) is 52.0. The Bertz CT molecular complexity index is 1500. The number of quaternary nitrogens is 1. The van der Waals surface area contributed by atoms with Gasteiger partial charge in [0.2, 0.25) is 5.91 Å². The molecule has 0 aromatic heterocycles. The summed E-state index contributed by atoms with van der Waals surface area (Å²) in [5.41, 5.74) is 0. The number of hydrogen-bond donors (Lipinski definition) is 2. The molecule has 74 heavy (non-hydrogen) atoms. The summed E-state index contributed by atoms with van der Waals surface area (Å²) in [5.74, 6) is -0.533. The minimum absolute atomic E-state index is 0.0328. The molecule has 0 aliphatic carbocycles. The number of nitrogens with one attached hydrogen (secondary N) is 1. The molecule has 3 atom stereocenters. The van der Waals surface area contributed by atoms with Gasteiger partial charge in [0.25, 0.3) is 0 Å². The number of phosphoric ester groups is 1. The van der Waals surface area contributed by atoms with Gasteiger partial charge in [-0.25, -0.2) is 4.57 Å². The second kappa shape index (κ2) is 53.8. The Morgan fingerprint density at radius 3 is 1.26 bits per heavy atom. The van der Waals surface area contributed by atoms with Crippen LogP contribution >= 0.6 is 7.82 Å². The number of unbranched alkanes of at least 4 members (excludes halogenated alkanes) is 29. The van der Waals surface area contributed by atoms with Crippen molar-refractivity contribution in [2.24, 2.45) is 0 Å². The van der Waals surface area contributed by atoms with E-state index < -0.39 is 20.0 Å². The van der Waals surface area contributed by atoms with Gasteiger partial charge in [-0.05, 0) is 102 Å². The van der Waals surface area contributed by atoms with Crippen molar-refractivity contribution in [3.8, 4) is 0 Å². The van der Waals surface area contributed by atoms with E-state index in [0.717, 1.165) is 89.9 Å². The molecule has 0 spiro atoms. The molecule has 0 saturated heterocycles. The molecule has 0 fully saturated rings. The molecule has 0 aromatic carbocycles. The minimum Gasteiger partial charge on any atom is -0.456 e. The van der Waals surface area contributed by atoms with Crippen LogP contribution in [0.4, 0.5) is 0 Å². The van der Waals surface area contributed by atoms with Crippen LogP contribution in [-0.2, 0) is 27.9 Å². The maximum absolute atomic E-state index is 13.5. The lowest BCUT2D eigenvalue weighted by molar-refractivity contribution is -0.870. The Morgan fingerprint density at radius 1 is 0.473 bits per heavy atom. The molecule has 0 aromatic rings. The van der Waals surface area contributed by atoms with Crippen LogP contribution in [0, 0.1) is 0 Å². The molecule has 0 aliphatic rings.